The zero-order valence-corrected chi connectivity index (χ0v) is 4.27. The Kier molecular flexibility index (Phi) is 13.5. The van der Waals surface area contributed by atoms with E-state index < -0.39 is 0 Å². The maximum Gasteiger partial charge on any atom is -0.0379 e. The second-order valence-electron chi connectivity index (χ2n) is 0.977. The van der Waals surface area contributed by atoms with Gasteiger partial charge in [-0.25, -0.2) is 0 Å². The molecule has 0 nitrogen and oxygen atoms in total. The molecule has 0 aromatic carbocycles. The maximum atomic E-state index is 2.12. The molecule has 0 saturated heterocycles. The first-order valence-electron chi connectivity index (χ1n) is 2.03. The standard InChI is InChI=1S/C5H10.FH/c1-3-5-4-2;/h3,5H,4H2,1-2H3;1H. The molecule has 0 aliphatic rings. The van der Waals surface area contributed by atoms with Crippen LogP contribution in [0.25, 0.3) is 0 Å². The Morgan fingerprint density at radius 1 is 1.50 bits per heavy atom. The average molecular weight is 90.1 g/mol. The lowest BCUT2D eigenvalue weighted by Crippen LogP contribution is -1.43. The highest BCUT2D eigenvalue weighted by atomic mass is 19.0. The number of halogens is 1. The molecule has 1 heteroatoms. The van der Waals surface area contributed by atoms with Crippen LogP contribution in [-0.2, 0) is 0 Å². The Hall–Kier alpha value is -0.330. The molecule has 0 heterocycles. The van der Waals surface area contributed by atoms with Gasteiger partial charge in [-0.2, -0.15) is 0 Å². The van der Waals surface area contributed by atoms with Gasteiger partial charge < -0.3 is 0 Å². The summed E-state index contributed by atoms with van der Waals surface area (Å²) in [6, 6.07) is 0. The zero-order chi connectivity index (χ0) is 4.12. The van der Waals surface area contributed by atoms with Gasteiger partial charge in [-0.3, -0.25) is 4.70 Å². The Balaban J connectivity index is 0. The van der Waals surface area contributed by atoms with Crippen molar-refractivity contribution in [2.45, 2.75) is 20.3 Å². The smallest absolute Gasteiger partial charge is 0.0379 e. The van der Waals surface area contributed by atoms with Gasteiger partial charge in [0.05, 0.1) is 0 Å². The summed E-state index contributed by atoms with van der Waals surface area (Å²) in [6.45, 7) is 4.16. The van der Waals surface area contributed by atoms with Gasteiger partial charge in [0.1, 0.15) is 0 Å². The lowest BCUT2D eigenvalue weighted by atomic mass is 10.4. The van der Waals surface area contributed by atoms with E-state index in [4.69, 9.17) is 0 Å². The fourth-order valence-electron chi connectivity index (χ4n) is 0.236. The predicted molar refractivity (Wildman–Crippen MR) is 27.6 cm³/mol. The Morgan fingerprint density at radius 2 is 2.00 bits per heavy atom. The van der Waals surface area contributed by atoms with E-state index in [0.29, 0.717) is 0 Å². The SMILES string of the molecule is CC=CCC.F. The highest BCUT2D eigenvalue weighted by molar-refractivity contribution is 4.73. The van der Waals surface area contributed by atoms with E-state index in [-0.39, 0.29) is 4.70 Å². The van der Waals surface area contributed by atoms with Crippen molar-refractivity contribution in [3.8, 4) is 0 Å². The van der Waals surface area contributed by atoms with Crippen molar-refractivity contribution in [2.75, 3.05) is 0 Å². The summed E-state index contributed by atoms with van der Waals surface area (Å²) >= 11 is 0. The van der Waals surface area contributed by atoms with Crippen molar-refractivity contribution in [1.29, 1.82) is 0 Å². The van der Waals surface area contributed by atoms with Gasteiger partial charge in [0.25, 0.3) is 0 Å². The molecule has 0 spiro atoms. The van der Waals surface area contributed by atoms with Crippen LogP contribution in [0.4, 0.5) is 4.70 Å². The van der Waals surface area contributed by atoms with Crippen molar-refractivity contribution in [3.63, 3.8) is 0 Å². The van der Waals surface area contributed by atoms with Gasteiger partial charge >= 0.3 is 0 Å². The fourth-order valence-corrected chi connectivity index (χ4v) is 0.236. The molecule has 0 N–H and O–H groups in total. The Bertz CT molecular complexity index is 30.9. The summed E-state index contributed by atoms with van der Waals surface area (Å²) in [4.78, 5) is 0. The third-order valence-electron chi connectivity index (χ3n) is 0.471. The van der Waals surface area contributed by atoms with Crippen molar-refractivity contribution >= 4 is 0 Å². The maximum absolute atomic E-state index is 2.12. The van der Waals surface area contributed by atoms with Crippen LogP contribution in [0.15, 0.2) is 12.2 Å². The summed E-state index contributed by atoms with van der Waals surface area (Å²) in [6.07, 6.45) is 5.34. The van der Waals surface area contributed by atoms with Gasteiger partial charge in [-0.1, -0.05) is 19.1 Å². The van der Waals surface area contributed by atoms with Crippen molar-refractivity contribution < 1.29 is 4.70 Å². The molecular formula is C5H11F. The Labute approximate surface area is 38.2 Å². The van der Waals surface area contributed by atoms with E-state index in [2.05, 4.69) is 19.1 Å². The van der Waals surface area contributed by atoms with Gasteiger partial charge in [-0.05, 0) is 13.3 Å². The zero-order valence-electron chi connectivity index (χ0n) is 4.27. The first-order chi connectivity index (χ1) is 2.41. The van der Waals surface area contributed by atoms with Crippen molar-refractivity contribution in [3.05, 3.63) is 12.2 Å². The molecule has 0 atom stereocenters. The second kappa shape index (κ2) is 8.82. The third-order valence-corrected chi connectivity index (χ3v) is 0.471. The van der Waals surface area contributed by atoms with Crippen LogP contribution in [-0.4, -0.2) is 0 Å². The average Bonchev–Trinajstić information content (AvgIpc) is 1.41. The second-order valence-corrected chi connectivity index (χ2v) is 0.977. The quantitative estimate of drug-likeness (QED) is 0.433. The highest BCUT2D eigenvalue weighted by Gasteiger charge is 1.52. The summed E-state index contributed by atoms with van der Waals surface area (Å²) in [5.74, 6) is 0. The van der Waals surface area contributed by atoms with E-state index in [0.717, 1.165) is 6.42 Å². The summed E-state index contributed by atoms with van der Waals surface area (Å²) in [7, 11) is 0. The van der Waals surface area contributed by atoms with E-state index >= 15 is 0 Å². The minimum atomic E-state index is 0. The van der Waals surface area contributed by atoms with Crippen LogP contribution in [0.1, 0.15) is 20.3 Å². The molecular weight excluding hydrogens is 79.1 g/mol. The largest absolute Gasteiger partial charge is 0.269 e. The lowest BCUT2D eigenvalue weighted by molar-refractivity contribution is 1.11. The topological polar surface area (TPSA) is 0 Å². The van der Waals surface area contributed by atoms with E-state index in [9.17, 15) is 0 Å². The molecule has 0 aliphatic carbocycles. The van der Waals surface area contributed by atoms with Crippen LogP contribution < -0.4 is 0 Å². The lowest BCUT2D eigenvalue weighted by Gasteiger charge is -1.65. The summed E-state index contributed by atoms with van der Waals surface area (Å²) in [5.41, 5.74) is 0. The number of rotatable bonds is 1. The molecule has 0 aromatic rings. The monoisotopic (exact) mass is 90.1 g/mol. The number of allylic oxidation sites excluding steroid dienone is 2. The molecule has 0 aromatic heterocycles. The molecule has 0 saturated carbocycles. The third kappa shape index (κ3) is 9.38. The van der Waals surface area contributed by atoms with E-state index in [1.165, 1.54) is 0 Å². The van der Waals surface area contributed by atoms with Crippen molar-refractivity contribution in [1.82, 2.24) is 0 Å². The minimum absolute atomic E-state index is 0. The fraction of sp³-hybridized carbons (Fsp3) is 0.600. The normalized spacial score (nSPS) is 8.33. The first kappa shape index (κ1) is 9.18. The molecule has 0 radical (unpaired) electrons. The Morgan fingerprint density at radius 3 is 2.00 bits per heavy atom. The van der Waals surface area contributed by atoms with Crippen LogP contribution in [0, 0.1) is 0 Å². The van der Waals surface area contributed by atoms with Gasteiger partial charge in [0, 0.05) is 0 Å². The molecule has 0 rings (SSSR count). The highest BCUT2D eigenvalue weighted by Crippen LogP contribution is 1.73. The van der Waals surface area contributed by atoms with Crippen LogP contribution in [0.3, 0.4) is 0 Å². The van der Waals surface area contributed by atoms with Crippen molar-refractivity contribution in [2.24, 2.45) is 0 Å². The minimum Gasteiger partial charge on any atom is -0.269 e. The molecule has 0 amide bonds. The van der Waals surface area contributed by atoms with Gasteiger partial charge in [-0.15, -0.1) is 0 Å². The van der Waals surface area contributed by atoms with Gasteiger partial charge in [0.2, 0.25) is 0 Å². The molecule has 0 unspecified atom stereocenters. The summed E-state index contributed by atoms with van der Waals surface area (Å²) in [5, 5.41) is 0. The van der Waals surface area contributed by atoms with E-state index in [1.807, 2.05) is 6.92 Å². The van der Waals surface area contributed by atoms with Crippen LogP contribution in [0.5, 0.6) is 0 Å². The van der Waals surface area contributed by atoms with E-state index in [1.54, 1.807) is 0 Å². The molecule has 0 aliphatic heterocycles. The number of hydrogen-bond donors (Lipinski definition) is 0. The summed E-state index contributed by atoms with van der Waals surface area (Å²) < 4.78 is 0. The number of hydrogen-bond acceptors (Lipinski definition) is 0. The van der Waals surface area contributed by atoms with Crippen LogP contribution >= 0.6 is 0 Å². The molecule has 0 fully saturated rings. The predicted octanol–water partition coefficient (Wildman–Crippen LogP) is 2.13. The molecule has 6 heavy (non-hydrogen) atoms. The molecule has 38 valence electrons. The first-order valence-corrected chi connectivity index (χ1v) is 2.03. The molecule has 0 bridgehead atoms. The van der Waals surface area contributed by atoms with Crippen LogP contribution in [0.2, 0.25) is 0 Å². The van der Waals surface area contributed by atoms with Gasteiger partial charge in [0.15, 0.2) is 0 Å².